The molecule has 0 aromatic heterocycles. The van der Waals surface area contributed by atoms with Crippen LogP contribution in [0.5, 0.6) is 0 Å². The maximum Gasteiger partial charge on any atom is 0.0619 e. The summed E-state index contributed by atoms with van der Waals surface area (Å²) in [5, 5.41) is 0. The van der Waals surface area contributed by atoms with Crippen LogP contribution in [0, 0.1) is 0 Å². The maximum absolute atomic E-state index is 5.37. The SMILES string of the molecule is CCOCCCN1CCOC[C@H]1C. The molecule has 0 spiro atoms. The third-order valence-corrected chi connectivity index (χ3v) is 2.44. The number of hydrogen-bond donors (Lipinski definition) is 0. The zero-order valence-corrected chi connectivity index (χ0v) is 8.79. The molecule has 0 saturated carbocycles. The predicted octanol–water partition coefficient (Wildman–Crippen LogP) is 1.13. The standard InChI is InChI=1S/C10H21NO2/c1-3-12-7-4-5-11-6-8-13-9-10(11)2/h10H,3-9H2,1-2H3/t10-/m1/s1. The summed E-state index contributed by atoms with van der Waals surface area (Å²) in [4.78, 5) is 2.47. The summed E-state index contributed by atoms with van der Waals surface area (Å²) < 4.78 is 10.7. The molecule has 3 heteroatoms. The van der Waals surface area contributed by atoms with E-state index in [0.717, 1.165) is 45.9 Å². The lowest BCUT2D eigenvalue weighted by Crippen LogP contribution is -2.44. The lowest BCUT2D eigenvalue weighted by Gasteiger charge is -2.33. The van der Waals surface area contributed by atoms with E-state index < -0.39 is 0 Å². The number of morpholine rings is 1. The Morgan fingerprint density at radius 2 is 2.38 bits per heavy atom. The van der Waals surface area contributed by atoms with E-state index in [0.29, 0.717) is 6.04 Å². The molecular formula is C10H21NO2. The molecule has 1 aliphatic rings. The van der Waals surface area contributed by atoms with Crippen LogP contribution in [0.15, 0.2) is 0 Å². The highest BCUT2D eigenvalue weighted by Gasteiger charge is 2.17. The molecule has 1 atom stereocenters. The normalized spacial score (nSPS) is 24.9. The van der Waals surface area contributed by atoms with E-state index in [1.54, 1.807) is 0 Å². The second-order valence-electron chi connectivity index (χ2n) is 3.51. The Morgan fingerprint density at radius 1 is 1.54 bits per heavy atom. The second-order valence-corrected chi connectivity index (χ2v) is 3.51. The smallest absolute Gasteiger partial charge is 0.0619 e. The highest BCUT2D eigenvalue weighted by Crippen LogP contribution is 2.06. The van der Waals surface area contributed by atoms with Crippen LogP contribution < -0.4 is 0 Å². The van der Waals surface area contributed by atoms with E-state index in [-0.39, 0.29) is 0 Å². The third-order valence-electron chi connectivity index (χ3n) is 2.44. The van der Waals surface area contributed by atoms with Gasteiger partial charge in [-0.15, -0.1) is 0 Å². The summed E-state index contributed by atoms with van der Waals surface area (Å²) >= 11 is 0. The van der Waals surface area contributed by atoms with Crippen LogP contribution in [-0.4, -0.2) is 50.5 Å². The number of rotatable bonds is 5. The molecule has 0 aromatic carbocycles. The molecule has 1 saturated heterocycles. The van der Waals surface area contributed by atoms with Gasteiger partial charge in [-0.05, 0) is 20.3 Å². The van der Waals surface area contributed by atoms with Crippen LogP contribution in [0.4, 0.5) is 0 Å². The minimum Gasteiger partial charge on any atom is -0.382 e. The Hall–Kier alpha value is -0.120. The minimum absolute atomic E-state index is 0.579. The summed E-state index contributed by atoms with van der Waals surface area (Å²) in [6.45, 7) is 9.97. The van der Waals surface area contributed by atoms with Crippen molar-refractivity contribution in [1.29, 1.82) is 0 Å². The Kier molecular flexibility index (Phi) is 5.35. The van der Waals surface area contributed by atoms with E-state index in [2.05, 4.69) is 11.8 Å². The topological polar surface area (TPSA) is 21.7 Å². The van der Waals surface area contributed by atoms with Crippen LogP contribution in [0.1, 0.15) is 20.3 Å². The first-order valence-corrected chi connectivity index (χ1v) is 5.24. The van der Waals surface area contributed by atoms with Gasteiger partial charge in [0.2, 0.25) is 0 Å². The average molecular weight is 187 g/mol. The van der Waals surface area contributed by atoms with Crippen molar-refractivity contribution in [3.05, 3.63) is 0 Å². The van der Waals surface area contributed by atoms with Gasteiger partial charge in [-0.3, -0.25) is 4.90 Å². The Labute approximate surface area is 81.0 Å². The van der Waals surface area contributed by atoms with Crippen LogP contribution in [0.25, 0.3) is 0 Å². The van der Waals surface area contributed by atoms with Gasteiger partial charge in [-0.1, -0.05) is 0 Å². The quantitative estimate of drug-likeness (QED) is 0.602. The molecule has 0 amide bonds. The largest absolute Gasteiger partial charge is 0.382 e. The van der Waals surface area contributed by atoms with Crippen molar-refractivity contribution < 1.29 is 9.47 Å². The fourth-order valence-corrected chi connectivity index (χ4v) is 1.61. The lowest BCUT2D eigenvalue weighted by molar-refractivity contribution is -0.00418. The van der Waals surface area contributed by atoms with Gasteiger partial charge in [0.05, 0.1) is 13.2 Å². The highest BCUT2D eigenvalue weighted by molar-refractivity contribution is 4.70. The molecule has 13 heavy (non-hydrogen) atoms. The summed E-state index contributed by atoms with van der Waals surface area (Å²) in [6.07, 6.45) is 1.14. The third kappa shape index (κ3) is 4.07. The van der Waals surface area contributed by atoms with E-state index >= 15 is 0 Å². The van der Waals surface area contributed by atoms with Gasteiger partial charge >= 0.3 is 0 Å². The predicted molar refractivity (Wildman–Crippen MR) is 53.0 cm³/mol. The Balaban J connectivity index is 2.05. The first-order chi connectivity index (χ1) is 6.34. The fourth-order valence-electron chi connectivity index (χ4n) is 1.61. The van der Waals surface area contributed by atoms with Crippen molar-refractivity contribution in [3.8, 4) is 0 Å². The summed E-state index contributed by atoms with van der Waals surface area (Å²) in [7, 11) is 0. The van der Waals surface area contributed by atoms with Crippen LogP contribution in [-0.2, 0) is 9.47 Å². The van der Waals surface area contributed by atoms with Crippen molar-refractivity contribution in [1.82, 2.24) is 4.90 Å². The van der Waals surface area contributed by atoms with Gasteiger partial charge in [0.15, 0.2) is 0 Å². The number of ether oxygens (including phenoxy) is 2. The number of nitrogens with zero attached hydrogens (tertiary/aromatic N) is 1. The molecule has 0 unspecified atom stereocenters. The van der Waals surface area contributed by atoms with E-state index in [1.165, 1.54) is 0 Å². The van der Waals surface area contributed by atoms with Gasteiger partial charge in [0, 0.05) is 32.3 Å². The van der Waals surface area contributed by atoms with Gasteiger partial charge in [-0.25, -0.2) is 0 Å². The molecule has 0 aromatic rings. The second kappa shape index (κ2) is 6.35. The first-order valence-electron chi connectivity index (χ1n) is 5.24. The van der Waals surface area contributed by atoms with Crippen molar-refractivity contribution in [3.63, 3.8) is 0 Å². The summed E-state index contributed by atoms with van der Waals surface area (Å²) in [6, 6.07) is 0.579. The van der Waals surface area contributed by atoms with E-state index in [9.17, 15) is 0 Å². The van der Waals surface area contributed by atoms with Crippen LogP contribution >= 0.6 is 0 Å². The summed E-state index contributed by atoms with van der Waals surface area (Å²) in [5.74, 6) is 0. The van der Waals surface area contributed by atoms with Crippen molar-refractivity contribution in [2.24, 2.45) is 0 Å². The van der Waals surface area contributed by atoms with E-state index in [1.807, 2.05) is 6.92 Å². The Bertz CT molecular complexity index is 130. The zero-order chi connectivity index (χ0) is 9.52. The molecule has 0 N–H and O–H groups in total. The fraction of sp³-hybridized carbons (Fsp3) is 1.00. The molecule has 0 bridgehead atoms. The van der Waals surface area contributed by atoms with Gasteiger partial charge in [0.1, 0.15) is 0 Å². The molecule has 1 aliphatic heterocycles. The van der Waals surface area contributed by atoms with E-state index in [4.69, 9.17) is 9.47 Å². The monoisotopic (exact) mass is 187 g/mol. The molecular weight excluding hydrogens is 166 g/mol. The van der Waals surface area contributed by atoms with Crippen LogP contribution in [0.2, 0.25) is 0 Å². The average Bonchev–Trinajstić information content (AvgIpc) is 2.15. The lowest BCUT2D eigenvalue weighted by atomic mass is 10.2. The van der Waals surface area contributed by atoms with Gasteiger partial charge < -0.3 is 9.47 Å². The molecule has 1 rings (SSSR count). The highest BCUT2D eigenvalue weighted by atomic mass is 16.5. The van der Waals surface area contributed by atoms with Crippen molar-refractivity contribution in [2.45, 2.75) is 26.3 Å². The van der Waals surface area contributed by atoms with Gasteiger partial charge in [-0.2, -0.15) is 0 Å². The minimum atomic E-state index is 0.579. The van der Waals surface area contributed by atoms with Crippen LogP contribution in [0.3, 0.4) is 0 Å². The Morgan fingerprint density at radius 3 is 3.08 bits per heavy atom. The van der Waals surface area contributed by atoms with Crippen molar-refractivity contribution >= 4 is 0 Å². The molecule has 1 fully saturated rings. The molecule has 78 valence electrons. The molecule has 0 aliphatic carbocycles. The molecule has 0 radical (unpaired) electrons. The zero-order valence-electron chi connectivity index (χ0n) is 8.79. The van der Waals surface area contributed by atoms with Gasteiger partial charge in [0.25, 0.3) is 0 Å². The first kappa shape index (κ1) is 11.0. The van der Waals surface area contributed by atoms with Crippen molar-refractivity contribution in [2.75, 3.05) is 39.5 Å². The summed E-state index contributed by atoms with van der Waals surface area (Å²) in [5.41, 5.74) is 0. The molecule has 1 heterocycles. The maximum atomic E-state index is 5.37. The molecule has 3 nitrogen and oxygen atoms in total. The number of hydrogen-bond acceptors (Lipinski definition) is 3.